The van der Waals surface area contributed by atoms with Crippen LogP contribution in [-0.4, -0.2) is 40.3 Å². The van der Waals surface area contributed by atoms with E-state index in [1.165, 1.54) is 48.7 Å². The molecule has 0 spiro atoms. The largest absolute Gasteiger partial charge is 0.390 e. The quantitative estimate of drug-likeness (QED) is 0.905. The summed E-state index contributed by atoms with van der Waals surface area (Å²) in [6.45, 7) is 3.69. The Morgan fingerprint density at radius 2 is 1.79 bits per heavy atom. The zero-order valence-electron chi connectivity index (χ0n) is 14.3. The third-order valence-corrected chi connectivity index (χ3v) is 5.96. The number of hydrogen-bond donors (Lipinski definition) is 1. The Labute approximate surface area is 149 Å². The fourth-order valence-corrected chi connectivity index (χ4v) is 4.83. The number of aliphatic hydroxyl groups excluding tert-OH is 1. The average Bonchev–Trinajstić information content (AvgIpc) is 2.91. The van der Waals surface area contributed by atoms with Crippen LogP contribution in [0.2, 0.25) is 5.02 Å². The Morgan fingerprint density at radius 1 is 1.00 bits per heavy atom. The minimum Gasteiger partial charge on any atom is -0.390 e. The fourth-order valence-electron chi connectivity index (χ4n) is 4.56. The Hall–Kier alpha value is -1.03. The molecule has 3 nitrogen and oxygen atoms in total. The highest BCUT2D eigenvalue weighted by atomic mass is 35.5. The van der Waals surface area contributed by atoms with Crippen LogP contribution in [0.1, 0.15) is 43.4 Å². The van der Waals surface area contributed by atoms with Crippen molar-refractivity contribution in [3.05, 3.63) is 34.5 Å². The second-order valence-electron chi connectivity index (χ2n) is 7.39. The molecular formula is C20H27ClN2O. The summed E-state index contributed by atoms with van der Waals surface area (Å²) in [5, 5.41) is 12.8. The van der Waals surface area contributed by atoms with Crippen LogP contribution in [-0.2, 0) is 19.4 Å². The number of aliphatic hydroxyl groups is 1. The van der Waals surface area contributed by atoms with Gasteiger partial charge in [-0.05, 0) is 63.2 Å². The van der Waals surface area contributed by atoms with Crippen LogP contribution in [0.4, 0.5) is 0 Å². The Bertz CT molecular complexity index is 718. The minimum atomic E-state index is -0.332. The van der Waals surface area contributed by atoms with Crippen LogP contribution in [0.5, 0.6) is 0 Å². The predicted octanol–water partition coefficient (Wildman–Crippen LogP) is 4.02. The lowest BCUT2D eigenvalue weighted by Gasteiger charge is -2.29. The molecule has 4 heteroatoms. The van der Waals surface area contributed by atoms with Crippen molar-refractivity contribution in [2.45, 2.75) is 57.6 Å². The summed E-state index contributed by atoms with van der Waals surface area (Å²) < 4.78 is 2.32. The first kappa shape index (κ1) is 16.4. The van der Waals surface area contributed by atoms with Crippen LogP contribution in [0.3, 0.4) is 0 Å². The van der Waals surface area contributed by atoms with Gasteiger partial charge in [-0.3, -0.25) is 0 Å². The van der Waals surface area contributed by atoms with Gasteiger partial charge in [0.05, 0.1) is 23.2 Å². The first-order valence-corrected chi connectivity index (χ1v) is 9.80. The van der Waals surface area contributed by atoms with Crippen molar-refractivity contribution in [2.24, 2.45) is 0 Å². The van der Waals surface area contributed by atoms with Crippen molar-refractivity contribution in [2.75, 3.05) is 19.6 Å². The lowest BCUT2D eigenvalue weighted by molar-refractivity contribution is 0.0886. The zero-order valence-corrected chi connectivity index (χ0v) is 15.1. The van der Waals surface area contributed by atoms with E-state index < -0.39 is 0 Å². The highest BCUT2D eigenvalue weighted by Crippen LogP contribution is 2.35. The number of para-hydroxylation sites is 1. The molecule has 0 radical (unpaired) electrons. The number of β-amino-alcohol motifs (C(OH)–C–C–N with tert-alkyl or cyclic N) is 1. The number of likely N-dealkylation sites (tertiary alicyclic amines) is 1. The number of aromatic nitrogens is 1. The molecular weight excluding hydrogens is 320 g/mol. The minimum absolute atomic E-state index is 0.332. The molecule has 0 bridgehead atoms. The van der Waals surface area contributed by atoms with E-state index in [2.05, 4.69) is 15.5 Å². The van der Waals surface area contributed by atoms with E-state index >= 15 is 0 Å². The van der Waals surface area contributed by atoms with Gasteiger partial charge < -0.3 is 14.6 Å². The second kappa shape index (κ2) is 7.07. The van der Waals surface area contributed by atoms with Crippen molar-refractivity contribution >= 4 is 22.5 Å². The normalized spacial score (nSPS) is 20.2. The van der Waals surface area contributed by atoms with E-state index in [0.717, 1.165) is 43.0 Å². The van der Waals surface area contributed by atoms with Gasteiger partial charge in [0.2, 0.25) is 0 Å². The molecule has 130 valence electrons. The molecule has 4 rings (SSSR count). The number of nitrogens with zero attached hydrogens (tertiary/aromatic N) is 2. The number of hydrogen-bond acceptors (Lipinski definition) is 2. The molecule has 0 unspecified atom stereocenters. The molecule has 1 aliphatic carbocycles. The van der Waals surface area contributed by atoms with Gasteiger partial charge in [0.1, 0.15) is 0 Å². The number of benzene rings is 1. The van der Waals surface area contributed by atoms with E-state index in [1.54, 1.807) is 0 Å². The Kier molecular flexibility index (Phi) is 4.84. The Morgan fingerprint density at radius 3 is 2.62 bits per heavy atom. The summed E-state index contributed by atoms with van der Waals surface area (Å²) in [4.78, 5) is 2.41. The smallest absolute Gasteiger partial charge is 0.0845 e. The summed E-state index contributed by atoms with van der Waals surface area (Å²) >= 11 is 6.54. The van der Waals surface area contributed by atoms with Crippen molar-refractivity contribution in [1.82, 2.24) is 9.47 Å². The number of fused-ring (bicyclic) bond motifs is 3. The third kappa shape index (κ3) is 3.10. The number of halogens is 1. The number of rotatable bonds is 4. The van der Waals surface area contributed by atoms with Crippen LogP contribution in [0, 0.1) is 0 Å². The van der Waals surface area contributed by atoms with Crippen molar-refractivity contribution < 1.29 is 5.11 Å². The lowest BCUT2D eigenvalue weighted by Crippen LogP contribution is -2.38. The average molecular weight is 347 g/mol. The standard InChI is InChI=1S/C20H27ClN2O/c21-18-9-6-8-17-16-7-2-3-10-19(16)23(20(17)18)14-15(24)13-22-11-4-1-5-12-22/h6,8-9,15,24H,1-5,7,10-14H2/t15-/m0/s1. The molecule has 1 N–H and O–H groups in total. The van der Waals surface area contributed by atoms with Crippen LogP contribution in [0.25, 0.3) is 10.9 Å². The summed E-state index contributed by atoms with van der Waals surface area (Å²) in [5.74, 6) is 0. The molecule has 1 aliphatic heterocycles. The molecule has 2 aliphatic rings. The molecule has 24 heavy (non-hydrogen) atoms. The fraction of sp³-hybridized carbons (Fsp3) is 0.600. The molecule has 0 amide bonds. The van der Waals surface area contributed by atoms with Gasteiger partial charge in [0, 0.05) is 17.6 Å². The van der Waals surface area contributed by atoms with Gasteiger partial charge >= 0.3 is 0 Å². The van der Waals surface area contributed by atoms with Crippen LogP contribution >= 0.6 is 11.6 Å². The third-order valence-electron chi connectivity index (χ3n) is 5.66. The van der Waals surface area contributed by atoms with E-state index in [1.807, 2.05) is 12.1 Å². The maximum absolute atomic E-state index is 10.7. The molecule has 0 saturated carbocycles. The monoisotopic (exact) mass is 346 g/mol. The summed E-state index contributed by atoms with van der Waals surface area (Å²) in [6.07, 6.45) is 8.27. The predicted molar refractivity (Wildman–Crippen MR) is 99.9 cm³/mol. The summed E-state index contributed by atoms with van der Waals surface area (Å²) in [7, 11) is 0. The first-order valence-electron chi connectivity index (χ1n) is 9.43. The van der Waals surface area contributed by atoms with Gasteiger partial charge in [0.25, 0.3) is 0 Å². The second-order valence-corrected chi connectivity index (χ2v) is 7.80. The highest BCUT2D eigenvalue weighted by Gasteiger charge is 2.23. The van der Waals surface area contributed by atoms with Crippen molar-refractivity contribution in [3.8, 4) is 0 Å². The van der Waals surface area contributed by atoms with Gasteiger partial charge in [0.15, 0.2) is 0 Å². The van der Waals surface area contributed by atoms with E-state index in [-0.39, 0.29) is 6.10 Å². The van der Waals surface area contributed by atoms with E-state index in [9.17, 15) is 5.11 Å². The molecule has 2 aromatic rings. The molecule has 1 aromatic heterocycles. The molecule has 1 saturated heterocycles. The molecule has 1 aromatic carbocycles. The van der Waals surface area contributed by atoms with Gasteiger partial charge in [-0.2, -0.15) is 0 Å². The van der Waals surface area contributed by atoms with Crippen molar-refractivity contribution in [3.63, 3.8) is 0 Å². The highest BCUT2D eigenvalue weighted by molar-refractivity contribution is 6.35. The first-order chi connectivity index (χ1) is 11.7. The van der Waals surface area contributed by atoms with E-state index in [4.69, 9.17) is 11.6 Å². The lowest BCUT2D eigenvalue weighted by atomic mass is 9.95. The van der Waals surface area contributed by atoms with Crippen LogP contribution < -0.4 is 0 Å². The van der Waals surface area contributed by atoms with Crippen LogP contribution in [0.15, 0.2) is 18.2 Å². The zero-order chi connectivity index (χ0) is 16.5. The van der Waals surface area contributed by atoms with Gasteiger partial charge in [-0.1, -0.05) is 30.2 Å². The molecule has 1 fully saturated rings. The maximum Gasteiger partial charge on any atom is 0.0845 e. The topological polar surface area (TPSA) is 28.4 Å². The summed E-state index contributed by atoms with van der Waals surface area (Å²) in [5.41, 5.74) is 4.00. The Balaban J connectivity index is 1.63. The van der Waals surface area contributed by atoms with Gasteiger partial charge in [-0.25, -0.2) is 0 Å². The molecule has 1 atom stereocenters. The molecule has 2 heterocycles. The maximum atomic E-state index is 10.7. The SMILES string of the molecule is O[C@@H](CN1CCCCC1)Cn1c2c(c3cccc(Cl)c31)CCCC2. The number of aryl methyl sites for hydroxylation is 1. The van der Waals surface area contributed by atoms with Crippen molar-refractivity contribution in [1.29, 1.82) is 0 Å². The summed E-state index contributed by atoms with van der Waals surface area (Å²) in [6, 6.07) is 6.22. The number of piperidine rings is 1. The van der Waals surface area contributed by atoms with E-state index in [0.29, 0.717) is 6.54 Å². The van der Waals surface area contributed by atoms with Gasteiger partial charge in [-0.15, -0.1) is 0 Å².